The summed E-state index contributed by atoms with van der Waals surface area (Å²) < 4.78 is 21.6. The Balaban J connectivity index is 1.59. The van der Waals surface area contributed by atoms with Gasteiger partial charge in [-0.15, -0.1) is 0 Å². The Morgan fingerprint density at radius 1 is 0.889 bits per heavy atom. The van der Waals surface area contributed by atoms with Gasteiger partial charge in [0, 0.05) is 11.1 Å². The molecule has 1 amide bonds. The molecule has 1 heterocycles. The van der Waals surface area contributed by atoms with E-state index in [0.29, 0.717) is 17.1 Å². The van der Waals surface area contributed by atoms with Gasteiger partial charge in [-0.2, -0.15) is 5.26 Å². The van der Waals surface area contributed by atoms with E-state index < -0.39 is 18.5 Å². The van der Waals surface area contributed by atoms with E-state index in [1.807, 2.05) is 60.7 Å². The van der Waals surface area contributed by atoms with Crippen LogP contribution in [0.4, 0.5) is 5.88 Å². The highest BCUT2D eigenvalue weighted by molar-refractivity contribution is 5.99. The summed E-state index contributed by atoms with van der Waals surface area (Å²) in [6.07, 6.45) is 0. The lowest BCUT2D eigenvalue weighted by Crippen LogP contribution is -2.21. The molecule has 8 heteroatoms. The van der Waals surface area contributed by atoms with E-state index in [1.165, 1.54) is 20.3 Å². The standard InChI is InChI=1S/C28H22N2O6/c1-33-22-15-9-14-20(26(22)34-2)28(32)35-17-23(31)30-27-21(16-29)24(18-10-5-3-6-11-18)25(36-27)19-12-7-4-8-13-19/h3-15H,17H2,1-2H3,(H,30,31). The maximum atomic E-state index is 12.7. The molecule has 0 aliphatic rings. The number of hydrogen-bond donors (Lipinski definition) is 1. The van der Waals surface area contributed by atoms with Crippen LogP contribution in [0.1, 0.15) is 15.9 Å². The summed E-state index contributed by atoms with van der Waals surface area (Å²) >= 11 is 0. The van der Waals surface area contributed by atoms with Gasteiger partial charge >= 0.3 is 5.97 Å². The molecule has 1 N–H and O–H groups in total. The fraction of sp³-hybridized carbons (Fsp3) is 0.107. The molecule has 0 fully saturated rings. The number of methoxy groups -OCH3 is 2. The molecule has 0 bridgehead atoms. The number of anilines is 1. The van der Waals surface area contributed by atoms with Crippen LogP contribution in [0.25, 0.3) is 22.5 Å². The maximum absolute atomic E-state index is 12.7. The second kappa shape index (κ2) is 10.9. The van der Waals surface area contributed by atoms with E-state index in [2.05, 4.69) is 11.4 Å². The normalized spacial score (nSPS) is 10.2. The van der Waals surface area contributed by atoms with Crippen molar-refractivity contribution >= 4 is 17.8 Å². The van der Waals surface area contributed by atoms with E-state index in [4.69, 9.17) is 18.6 Å². The summed E-state index contributed by atoms with van der Waals surface area (Å²) in [7, 11) is 2.85. The predicted molar refractivity (Wildman–Crippen MR) is 133 cm³/mol. The second-order valence-electron chi connectivity index (χ2n) is 7.52. The average Bonchev–Trinajstić information content (AvgIpc) is 3.30. The molecule has 0 radical (unpaired) electrons. The van der Waals surface area contributed by atoms with Crippen molar-refractivity contribution in [3.8, 4) is 40.0 Å². The smallest absolute Gasteiger partial charge is 0.342 e. The van der Waals surface area contributed by atoms with Gasteiger partial charge in [-0.05, 0) is 17.7 Å². The minimum atomic E-state index is -0.768. The third-order valence-electron chi connectivity index (χ3n) is 5.33. The van der Waals surface area contributed by atoms with Crippen LogP contribution in [0.2, 0.25) is 0 Å². The average molecular weight is 482 g/mol. The molecule has 3 aromatic carbocycles. The van der Waals surface area contributed by atoms with Crippen molar-refractivity contribution in [2.24, 2.45) is 0 Å². The number of nitrogens with zero attached hydrogens (tertiary/aromatic N) is 1. The van der Waals surface area contributed by atoms with Crippen LogP contribution >= 0.6 is 0 Å². The number of furan rings is 1. The molecular weight excluding hydrogens is 460 g/mol. The number of para-hydroxylation sites is 1. The third-order valence-corrected chi connectivity index (χ3v) is 5.33. The Morgan fingerprint density at radius 3 is 2.17 bits per heavy atom. The zero-order chi connectivity index (χ0) is 25.5. The van der Waals surface area contributed by atoms with Gasteiger partial charge in [-0.3, -0.25) is 10.1 Å². The van der Waals surface area contributed by atoms with Crippen LogP contribution in [0.3, 0.4) is 0 Å². The predicted octanol–water partition coefficient (Wildman–Crippen LogP) is 5.30. The van der Waals surface area contributed by atoms with Crippen molar-refractivity contribution in [2.75, 3.05) is 26.1 Å². The number of ether oxygens (including phenoxy) is 3. The zero-order valence-corrected chi connectivity index (χ0v) is 19.6. The van der Waals surface area contributed by atoms with Crippen LogP contribution in [-0.4, -0.2) is 32.7 Å². The topological polar surface area (TPSA) is 111 Å². The molecule has 4 rings (SSSR count). The second-order valence-corrected chi connectivity index (χ2v) is 7.52. The van der Waals surface area contributed by atoms with Gasteiger partial charge in [0.05, 0.1) is 14.2 Å². The first-order valence-electron chi connectivity index (χ1n) is 10.9. The lowest BCUT2D eigenvalue weighted by Gasteiger charge is -2.11. The van der Waals surface area contributed by atoms with E-state index in [0.717, 1.165) is 11.1 Å². The van der Waals surface area contributed by atoms with Crippen molar-refractivity contribution in [2.45, 2.75) is 0 Å². The third kappa shape index (κ3) is 4.91. The van der Waals surface area contributed by atoms with Crippen molar-refractivity contribution in [1.29, 1.82) is 5.26 Å². The minimum Gasteiger partial charge on any atom is -0.493 e. The van der Waals surface area contributed by atoms with Crippen LogP contribution in [0, 0.1) is 11.3 Å². The number of amides is 1. The molecule has 1 aromatic heterocycles. The number of rotatable bonds is 8. The monoisotopic (exact) mass is 482 g/mol. The molecule has 0 saturated heterocycles. The minimum absolute atomic E-state index is 0.0322. The highest BCUT2D eigenvalue weighted by atomic mass is 16.5. The summed E-state index contributed by atoms with van der Waals surface area (Å²) in [5.74, 6) is -0.483. The molecule has 0 saturated carbocycles. The Morgan fingerprint density at radius 2 is 1.56 bits per heavy atom. The fourth-order valence-corrected chi connectivity index (χ4v) is 3.72. The number of carbonyl (C=O) groups is 2. The molecule has 180 valence electrons. The number of carbonyl (C=O) groups excluding carboxylic acids is 2. The Labute approximate surface area is 207 Å². The Kier molecular flexibility index (Phi) is 7.32. The van der Waals surface area contributed by atoms with E-state index in [9.17, 15) is 14.9 Å². The number of hydrogen-bond acceptors (Lipinski definition) is 7. The van der Waals surface area contributed by atoms with Crippen LogP contribution in [-0.2, 0) is 9.53 Å². The first-order valence-corrected chi connectivity index (χ1v) is 10.9. The number of esters is 1. The molecular formula is C28H22N2O6. The fourth-order valence-electron chi connectivity index (χ4n) is 3.72. The zero-order valence-electron chi connectivity index (χ0n) is 19.6. The Hall–Kier alpha value is -5.03. The number of nitriles is 1. The molecule has 8 nitrogen and oxygen atoms in total. The molecule has 0 aliphatic carbocycles. The summed E-state index contributed by atoms with van der Waals surface area (Å²) in [6.45, 7) is -0.605. The summed E-state index contributed by atoms with van der Waals surface area (Å²) in [5.41, 5.74) is 2.32. The summed E-state index contributed by atoms with van der Waals surface area (Å²) in [4.78, 5) is 25.3. The number of nitrogens with one attached hydrogen (secondary N) is 1. The van der Waals surface area contributed by atoms with Gasteiger partial charge < -0.3 is 18.6 Å². The lowest BCUT2D eigenvalue weighted by molar-refractivity contribution is -0.119. The van der Waals surface area contributed by atoms with Crippen molar-refractivity contribution in [3.05, 3.63) is 90.0 Å². The van der Waals surface area contributed by atoms with Crippen LogP contribution < -0.4 is 14.8 Å². The largest absolute Gasteiger partial charge is 0.493 e. The summed E-state index contributed by atoms with van der Waals surface area (Å²) in [6, 6.07) is 25.4. The first kappa shape index (κ1) is 24.1. The SMILES string of the molecule is COc1cccc(C(=O)OCC(=O)Nc2oc(-c3ccccc3)c(-c3ccccc3)c2C#N)c1OC. The molecule has 0 unspecified atom stereocenters. The van der Waals surface area contributed by atoms with E-state index in [1.54, 1.807) is 12.1 Å². The summed E-state index contributed by atoms with van der Waals surface area (Å²) in [5, 5.41) is 12.5. The van der Waals surface area contributed by atoms with Gasteiger partial charge in [0.15, 0.2) is 18.1 Å². The number of benzene rings is 3. The van der Waals surface area contributed by atoms with Gasteiger partial charge in [-0.1, -0.05) is 66.7 Å². The van der Waals surface area contributed by atoms with E-state index >= 15 is 0 Å². The molecule has 0 aliphatic heterocycles. The van der Waals surface area contributed by atoms with Gasteiger partial charge in [0.1, 0.15) is 23.0 Å². The molecule has 36 heavy (non-hydrogen) atoms. The molecule has 0 spiro atoms. The van der Waals surface area contributed by atoms with Gasteiger partial charge in [0.25, 0.3) is 5.91 Å². The maximum Gasteiger partial charge on any atom is 0.342 e. The van der Waals surface area contributed by atoms with Gasteiger partial charge in [-0.25, -0.2) is 4.79 Å². The van der Waals surface area contributed by atoms with Crippen molar-refractivity contribution < 1.29 is 28.2 Å². The quantitative estimate of drug-likeness (QED) is 0.339. The molecule has 4 aromatic rings. The highest BCUT2D eigenvalue weighted by Crippen LogP contribution is 2.41. The first-order chi connectivity index (χ1) is 17.6. The van der Waals surface area contributed by atoms with Crippen LogP contribution in [0.15, 0.2) is 83.3 Å². The van der Waals surface area contributed by atoms with E-state index in [-0.39, 0.29) is 22.8 Å². The Bertz CT molecular complexity index is 1420. The highest BCUT2D eigenvalue weighted by Gasteiger charge is 2.25. The lowest BCUT2D eigenvalue weighted by atomic mass is 9.98. The van der Waals surface area contributed by atoms with Crippen molar-refractivity contribution in [1.82, 2.24) is 0 Å². The van der Waals surface area contributed by atoms with Crippen molar-refractivity contribution in [3.63, 3.8) is 0 Å². The van der Waals surface area contributed by atoms with Crippen LogP contribution in [0.5, 0.6) is 11.5 Å². The molecule has 0 atom stereocenters. The van der Waals surface area contributed by atoms with Gasteiger partial charge in [0.2, 0.25) is 5.88 Å².